The third-order valence-corrected chi connectivity index (χ3v) is 5.42. The van der Waals surface area contributed by atoms with Crippen LogP contribution < -0.4 is 0 Å². The van der Waals surface area contributed by atoms with Crippen LogP contribution in [-0.2, 0) is 26.7 Å². The van der Waals surface area contributed by atoms with Crippen molar-refractivity contribution in [3.63, 3.8) is 0 Å². The number of fused-ring (bicyclic) bond motifs is 1. The second kappa shape index (κ2) is 7.27. The van der Waals surface area contributed by atoms with E-state index in [0.717, 1.165) is 31.1 Å². The zero-order valence-electron chi connectivity index (χ0n) is 15.3. The number of carbonyl (C=O) groups is 1. The summed E-state index contributed by atoms with van der Waals surface area (Å²) in [6, 6.07) is 9.37. The Bertz CT molecular complexity index is 908. The van der Waals surface area contributed by atoms with E-state index in [1.165, 1.54) is 23.3 Å². The summed E-state index contributed by atoms with van der Waals surface area (Å²) in [7, 11) is -3.22. The average Bonchev–Trinajstić information content (AvgIpc) is 3.01. The highest BCUT2D eigenvalue weighted by Gasteiger charge is 2.26. The number of sulfone groups is 1. The second-order valence-corrected chi connectivity index (χ2v) is 9.38. The molecule has 26 heavy (non-hydrogen) atoms. The van der Waals surface area contributed by atoms with Crippen LogP contribution in [0.3, 0.4) is 0 Å². The van der Waals surface area contributed by atoms with Crippen molar-refractivity contribution in [2.75, 3.05) is 6.26 Å². The Morgan fingerprint density at radius 1 is 1.27 bits per heavy atom. The molecule has 0 amide bonds. The van der Waals surface area contributed by atoms with Crippen molar-refractivity contribution in [1.82, 2.24) is 0 Å². The van der Waals surface area contributed by atoms with Crippen molar-refractivity contribution in [2.24, 2.45) is 0 Å². The third-order valence-electron chi connectivity index (χ3n) is 4.61. The van der Waals surface area contributed by atoms with Gasteiger partial charge < -0.3 is 9.15 Å². The number of furan rings is 1. The van der Waals surface area contributed by atoms with Crippen molar-refractivity contribution in [3.8, 4) is 0 Å². The van der Waals surface area contributed by atoms with Crippen LogP contribution in [0.25, 0.3) is 0 Å². The molecular formula is C20H24O5S. The molecule has 0 saturated heterocycles. The molecule has 0 aliphatic heterocycles. The van der Waals surface area contributed by atoms with E-state index in [9.17, 15) is 13.2 Å². The highest BCUT2D eigenvalue weighted by Crippen LogP contribution is 2.35. The summed E-state index contributed by atoms with van der Waals surface area (Å²) >= 11 is 0. The van der Waals surface area contributed by atoms with Gasteiger partial charge >= 0.3 is 5.97 Å². The normalized spacial score (nSPS) is 17.2. The number of rotatable bonds is 5. The van der Waals surface area contributed by atoms with Gasteiger partial charge in [0.05, 0.1) is 0 Å². The Kier molecular flexibility index (Phi) is 5.23. The minimum Gasteiger partial charge on any atom is -0.453 e. The summed E-state index contributed by atoms with van der Waals surface area (Å²) in [6.07, 6.45) is 3.55. The minimum absolute atomic E-state index is 0.0378. The lowest BCUT2D eigenvalue weighted by atomic mass is 9.86. The maximum Gasteiger partial charge on any atom is 0.374 e. The number of esters is 1. The predicted molar refractivity (Wildman–Crippen MR) is 98.9 cm³/mol. The summed E-state index contributed by atoms with van der Waals surface area (Å²) in [5, 5.41) is 0. The number of benzene rings is 1. The molecule has 1 aliphatic rings. The molecule has 0 radical (unpaired) electrons. The third kappa shape index (κ3) is 4.36. The van der Waals surface area contributed by atoms with Crippen molar-refractivity contribution in [1.29, 1.82) is 0 Å². The van der Waals surface area contributed by atoms with Crippen LogP contribution in [0.5, 0.6) is 0 Å². The molecule has 1 heterocycles. The molecule has 1 aromatic heterocycles. The zero-order chi connectivity index (χ0) is 18.9. The van der Waals surface area contributed by atoms with Gasteiger partial charge in [-0.05, 0) is 54.0 Å². The molecule has 1 aliphatic carbocycles. The first kappa shape index (κ1) is 18.7. The van der Waals surface area contributed by atoms with E-state index in [1.807, 2.05) is 0 Å². The fourth-order valence-electron chi connectivity index (χ4n) is 3.27. The van der Waals surface area contributed by atoms with Crippen LogP contribution in [0.2, 0.25) is 0 Å². The molecule has 0 spiro atoms. The lowest BCUT2D eigenvalue weighted by Crippen LogP contribution is -2.17. The van der Waals surface area contributed by atoms with Gasteiger partial charge in [-0.15, -0.1) is 0 Å². The lowest BCUT2D eigenvalue weighted by Gasteiger charge is -2.26. The summed E-state index contributed by atoms with van der Waals surface area (Å²) < 4.78 is 33.7. The van der Waals surface area contributed by atoms with E-state index in [-0.39, 0.29) is 23.4 Å². The molecule has 140 valence electrons. The van der Waals surface area contributed by atoms with Crippen LogP contribution >= 0.6 is 0 Å². The molecule has 6 heteroatoms. The van der Waals surface area contributed by atoms with Gasteiger partial charge in [-0.3, -0.25) is 0 Å². The molecule has 1 aromatic carbocycles. The highest BCUT2D eigenvalue weighted by atomic mass is 32.2. The minimum atomic E-state index is -3.22. The van der Waals surface area contributed by atoms with Gasteiger partial charge in [0.25, 0.3) is 0 Å². The topological polar surface area (TPSA) is 73.6 Å². The quantitative estimate of drug-likeness (QED) is 0.732. The van der Waals surface area contributed by atoms with E-state index >= 15 is 0 Å². The zero-order valence-corrected chi connectivity index (χ0v) is 16.1. The number of carbonyl (C=O) groups excluding carboxylic acids is 1. The Morgan fingerprint density at radius 2 is 2.04 bits per heavy atom. The first-order valence-electron chi connectivity index (χ1n) is 8.83. The standard InChI is InChI=1S/C20H24O5S/c1-13(2)15-8-7-14-5-4-6-18(17(14)11-15)25-20(21)19-10-9-16(24-19)12-26(3,22)23/h7-11,13,18H,4-6,12H2,1-3H3/t18-/m1/s1. The van der Waals surface area contributed by atoms with Crippen molar-refractivity contribution >= 4 is 15.8 Å². The van der Waals surface area contributed by atoms with Crippen LogP contribution in [-0.4, -0.2) is 20.6 Å². The molecule has 0 fully saturated rings. The van der Waals surface area contributed by atoms with Gasteiger partial charge in [-0.25, -0.2) is 13.2 Å². The summed E-state index contributed by atoms with van der Waals surface area (Å²) in [6.45, 7) is 4.27. The fourth-order valence-corrected chi connectivity index (χ4v) is 3.94. The molecule has 0 unspecified atom stereocenters. The molecule has 5 nitrogen and oxygen atoms in total. The molecule has 1 atom stereocenters. The second-order valence-electron chi connectivity index (χ2n) is 7.24. The van der Waals surface area contributed by atoms with Crippen LogP contribution in [0, 0.1) is 0 Å². The molecule has 0 saturated carbocycles. The summed E-state index contributed by atoms with van der Waals surface area (Å²) in [5.41, 5.74) is 3.51. The van der Waals surface area contributed by atoms with Gasteiger partial charge in [-0.1, -0.05) is 32.0 Å². The van der Waals surface area contributed by atoms with Gasteiger partial charge in [0, 0.05) is 6.26 Å². The fraction of sp³-hybridized carbons (Fsp3) is 0.450. The Balaban J connectivity index is 1.78. The largest absolute Gasteiger partial charge is 0.453 e. The summed E-state index contributed by atoms with van der Waals surface area (Å²) in [5.74, 6) is -0.106. The molecule has 0 N–H and O–H groups in total. The monoisotopic (exact) mass is 376 g/mol. The lowest BCUT2D eigenvalue weighted by molar-refractivity contribution is 0.0219. The Morgan fingerprint density at radius 3 is 2.73 bits per heavy atom. The number of hydrogen-bond acceptors (Lipinski definition) is 5. The molecule has 0 bridgehead atoms. The first-order chi connectivity index (χ1) is 12.2. The van der Waals surface area contributed by atoms with Gasteiger partial charge in [0.15, 0.2) is 9.84 Å². The van der Waals surface area contributed by atoms with Crippen molar-refractivity contribution < 1.29 is 22.4 Å². The Hall–Kier alpha value is -2.08. The van der Waals surface area contributed by atoms with Crippen molar-refractivity contribution in [2.45, 2.75) is 50.9 Å². The number of ether oxygens (including phenoxy) is 1. The van der Waals surface area contributed by atoms with E-state index in [1.54, 1.807) is 0 Å². The maximum atomic E-state index is 12.5. The molecule has 3 rings (SSSR count). The number of hydrogen-bond donors (Lipinski definition) is 0. The van der Waals surface area contributed by atoms with Gasteiger partial charge in [0.2, 0.25) is 5.76 Å². The van der Waals surface area contributed by atoms with Gasteiger partial charge in [0.1, 0.15) is 17.6 Å². The summed E-state index contributed by atoms with van der Waals surface area (Å²) in [4.78, 5) is 12.5. The first-order valence-corrected chi connectivity index (χ1v) is 10.9. The van der Waals surface area contributed by atoms with E-state index < -0.39 is 15.8 Å². The van der Waals surface area contributed by atoms with Crippen LogP contribution in [0.1, 0.15) is 71.7 Å². The van der Waals surface area contributed by atoms with E-state index in [0.29, 0.717) is 5.92 Å². The average molecular weight is 376 g/mol. The van der Waals surface area contributed by atoms with Crippen LogP contribution in [0.4, 0.5) is 0 Å². The van der Waals surface area contributed by atoms with Crippen LogP contribution in [0.15, 0.2) is 34.7 Å². The number of aryl methyl sites for hydroxylation is 1. The van der Waals surface area contributed by atoms with Gasteiger partial charge in [-0.2, -0.15) is 0 Å². The molecule has 2 aromatic rings. The van der Waals surface area contributed by atoms with E-state index in [4.69, 9.17) is 9.15 Å². The van der Waals surface area contributed by atoms with E-state index in [2.05, 4.69) is 32.0 Å². The highest BCUT2D eigenvalue weighted by molar-refractivity contribution is 7.89. The maximum absolute atomic E-state index is 12.5. The molecular weight excluding hydrogens is 352 g/mol. The smallest absolute Gasteiger partial charge is 0.374 e. The Labute approximate surface area is 154 Å². The predicted octanol–water partition coefficient (Wildman–Crippen LogP) is 4.18. The SMILES string of the molecule is CC(C)c1ccc2c(c1)[C@H](OC(=O)c1ccc(CS(C)(=O)=O)o1)CCC2. The van der Waals surface area contributed by atoms with Crippen molar-refractivity contribution in [3.05, 3.63) is 58.5 Å².